The first-order chi connectivity index (χ1) is 15.8. The van der Waals surface area contributed by atoms with E-state index in [1.807, 2.05) is 24.3 Å². The van der Waals surface area contributed by atoms with Gasteiger partial charge < -0.3 is 4.57 Å². The minimum Gasteiger partial charge on any atom is -0.305 e. The third-order valence-electron chi connectivity index (χ3n) is 5.15. The summed E-state index contributed by atoms with van der Waals surface area (Å²) in [6.45, 7) is 0.799. The van der Waals surface area contributed by atoms with Crippen LogP contribution in [0.2, 0.25) is 0 Å². The van der Waals surface area contributed by atoms with E-state index in [0.717, 1.165) is 36.1 Å². The molecule has 0 radical (unpaired) electrons. The van der Waals surface area contributed by atoms with E-state index in [0.29, 0.717) is 11.4 Å². The van der Waals surface area contributed by atoms with Gasteiger partial charge >= 0.3 is 0 Å². The molecule has 5 rings (SSSR count). The maximum Gasteiger partial charge on any atom is 0.258 e. The van der Waals surface area contributed by atoms with E-state index >= 15 is 0 Å². The van der Waals surface area contributed by atoms with Crippen LogP contribution in [-0.4, -0.2) is 24.1 Å². The molecule has 8 heteroatoms. The van der Waals surface area contributed by atoms with Crippen molar-refractivity contribution in [3.63, 3.8) is 0 Å². The SMILES string of the molecule is O=c1cc(CSc2nnc(Cc3cccs3)n2CCc2ccccc2)nc2ccccn12. The first-order valence-electron chi connectivity index (χ1n) is 10.3. The van der Waals surface area contributed by atoms with Gasteiger partial charge in [0.15, 0.2) is 5.16 Å². The van der Waals surface area contributed by atoms with E-state index in [4.69, 9.17) is 0 Å². The Balaban J connectivity index is 1.38. The number of nitrogens with zero attached hydrogens (tertiary/aromatic N) is 5. The fraction of sp³-hybridized carbons (Fsp3) is 0.167. The Labute approximate surface area is 193 Å². The second-order valence-corrected chi connectivity index (χ2v) is 9.32. The highest BCUT2D eigenvalue weighted by Gasteiger charge is 2.15. The summed E-state index contributed by atoms with van der Waals surface area (Å²) in [7, 11) is 0. The Kier molecular flexibility index (Phi) is 6.13. The van der Waals surface area contributed by atoms with Crippen LogP contribution in [-0.2, 0) is 25.1 Å². The Hall–Kier alpha value is -3.23. The summed E-state index contributed by atoms with van der Waals surface area (Å²) in [5.74, 6) is 1.51. The lowest BCUT2D eigenvalue weighted by Gasteiger charge is -2.10. The van der Waals surface area contributed by atoms with Crippen molar-refractivity contribution in [3.05, 3.63) is 111 Å². The van der Waals surface area contributed by atoms with Crippen molar-refractivity contribution in [2.75, 3.05) is 0 Å². The average molecular weight is 460 g/mol. The number of hydrogen-bond acceptors (Lipinski definition) is 6. The lowest BCUT2D eigenvalue weighted by molar-refractivity contribution is 0.610. The number of hydrogen-bond donors (Lipinski definition) is 0. The zero-order chi connectivity index (χ0) is 21.8. The standard InChI is InChI=1S/C24H21N5OS2/c30-23-15-19(25-21-10-4-5-12-28(21)23)17-32-24-27-26-22(16-20-9-6-14-31-20)29(24)13-11-18-7-2-1-3-8-18/h1-10,12,14-15H,11,13,16-17H2. The summed E-state index contributed by atoms with van der Waals surface area (Å²) in [5, 5.41) is 11.9. The van der Waals surface area contributed by atoms with Crippen LogP contribution in [0.3, 0.4) is 0 Å². The number of aromatic nitrogens is 5. The fourth-order valence-corrected chi connectivity index (χ4v) is 5.13. The van der Waals surface area contributed by atoms with Gasteiger partial charge in [-0.25, -0.2) is 4.98 Å². The van der Waals surface area contributed by atoms with E-state index in [1.54, 1.807) is 39.8 Å². The number of aryl methyl sites for hydroxylation is 1. The van der Waals surface area contributed by atoms with Crippen molar-refractivity contribution in [2.45, 2.75) is 30.3 Å². The Morgan fingerprint density at radius 1 is 0.969 bits per heavy atom. The van der Waals surface area contributed by atoms with Crippen molar-refractivity contribution in [2.24, 2.45) is 0 Å². The highest BCUT2D eigenvalue weighted by molar-refractivity contribution is 7.98. The minimum atomic E-state index is -0.0740. The van der Waals surface area contributed by atoms with Gasteiger partial charge in [-0.2, -0.15) is 0 Å². The molecule has 0 N–H and O–H groups in total. The van der Waals surface area contributed by atoms with Crippen LogP contribution in [0.1, 0.15) is 22.0 Å². The summed E-state index contributed by atoms with van der Waals surface area (Å²) in [5.41, 5.74) is 2.60. The Morgan fingerprint density at radius 3 is 2.69 bits per heavy atom. The zero-order valence-electron chi connectivity index (χ0n) is 17.3. The average Bonchev–Trinajstić information content (AvgIpc) is 3.47. The molecule has 0 spiro atoms. The third-order valence-corrected chi connectivity index (χ3v) is 7.02. The zero-order valence-corrected chi connectivity index (χ0v) is 18.9. The van der Waals surface area contributed by atoms with Gasteiger partial charge in [0.1, 0.15) is 11.5 Å². The molecule has 0 aliphatic heterocycles. The van der Waals surface area contributed by atoms with Crippen molar-refractivity contribution in [1.29, 1.82) is 0 Å². The second kappa shape index (κ2) is 9.50. The quantitative estimate of drug-likeness (QED) is 0.320. The summed E-state index contributed by atoms with van der Waals surface area (Å²) in [6, 6.07) is 21.8. The molecule has 0 unspecified atom stereocenters. The van der Waals surface area contributed by atoms with Crippen LogP contribution in [0.5, 0.6) is 0 Å². The topological polar surface area (TPSA) is 65.1 Å². The number of thioether (sulfide) groups is 1. The molecule has 0 atom stereocenters. The largest absolute Gasteiger partial charge is 0.305 e. The molecule has 0 aliphatic carbocycles. The van der Waals surface area contributed by atoms with Crippen LogP contribution < -0.4 is 5.56 Å². The summed E-state index contributed by atoms with van der Waals surface area (Å²) in [4.78, 5) is 18.3. The summed E-state index contributed by atoms with van der Waals surface area (Å²) < 4.78 is 3.75. The molecule has 4 heterocycles. The smallest absolute Gasteiger partial charge is 0.258 e. The van der Waals surface area contributed by atoms with E-state index in [2.05, 4.69) is 61.5 Å². The lowest BCUT2D eigenvalue weighted by Crippen LogP contribution is -2.14. The van der Waals surface area contributed by atoms with Crippen LogP contribution in [0.15, 0.2) is 88.3 Å². The van der Waals surface area contributed by atoms with Crippen LogP contribution in [0.4, 0.5) is 0 Å². The molecule has 0 saturated heterocycles. The number of thiophene rings is 1. The van der Waals surface area contributed by atoms with Crippen molar-refractivity contribution < 1.29 is 0 Å². The van der Waals surface area contributed by atoms with E-state index < -0.39 is 0 Å². The molecular weight excluding hydrogens is 438 g/mol. The van der Waals surface area contributed by atoms with Crippen LogP contribution in [0.25, 0.3) is 5.65 Å². The van der Waals surface area contributed by atoms with Gasteiger partial charge in [-0.05, 0) is 35.6 Å². The molecule has 5 aromatic rings. The highest BCUT2D eigenvalue weighted by Crippen LogP contribution is 2.23. The first kappa shape index (κ1) is 20.7. The summed E-state index contributed by atoms with van der Waals surface area (Å²) >= 11 is 3.30. The fourth-order valence-electron chi connectivity index (χ4n) is 3.55. The van der Waals surface area contributed by atoms with E-state index in [-0.39, 0.29) is 5.56 Å². The van der Waals surface area contributed by atoms with Crippen LogP contribution >= 0.6 is 23.1 Å². The number of rotatable bonds is 8. The normalized spacial score (nSPS) is 11.2. The molecule has 0 saturated carbocycles. The van der Waals surface area contributed by atoms with Gasteiger partial charge in [0, 0.05) is 35.9 Å². The third kappa shape index (κ3) is 4.66. The molecule has 160 valence electrons. The molecular formula is C24H21N5OS2. The molecule has 32 heavy (non-hydrogen) atoms. The second-order valence-electron chi connectivity index (χ2n) is 7.35. The molecule has 0 amide bonds. The predicted octanol–water partition coefficient (Wildman–Crippen LogP) is 4.47. The molecule has 4 aromatic heterocycles. The van der Waals surface area contributed by atoms with Gasteiger partial charge in [-0.15, -0.1) is 21.5 Å². The lowest BCUT2D eigenvalue weighted by atomic mass is 10.1. The maximum absolute atomic E-state index is 12.4. The molecule has 6 nitrogen and oxygen atoms in total. The predicted molar refractivity (Wildman–Crippen MR) is 128 cm³/mol. The highest BCUT2D eigenvalue weighted by atomic mass is 32.2. The van der Waals surface area contributed by atoms with E-state index in [1.165, 1.54) is 10.4 Å². The van der Waals surface area contributed by atoms with Crippen molar-refractivity contribution >= 4 is 28.7 Å². The van der Waals surface area contributed by atoms with Gasteiger partial charge in [0.2, 0.25) is 0 Å². The molecule has 0 aliphatic rings. The van der Waals surface area contributed by atoms with Gasteiger partial charge in [-0.1, -0.05) is 54.2 Å². The maximum atomic E-state index is 12.4. The summed E-state index contributed by atoms with van der Waals surface area (Å²) in [6.07, 6.45) is 3.40. The Bertz CT molecular complexity index is 1380. The number of pyridine rings is 1. The van der Waals surface area contributed by atoms with Gasteiger partial charge in [0.25, 0.3) is 5.56 Å². The van der Waals surface area contributed by atoms with Gasteiger partial charge in [0.05, 0.1) is 5.69 Å². The molecule has 0 bridgehead atoms. The van der Waals surface area contributed by atoms with Crippen molar-refractivity contribution in [3.8, 4) is 0 Å². The van der Waals surface area contributed by atoms with E-state index in [9.17, 15) is 4.79 Å². The molecule has 0 fully saturated rings. The first-order valence-corrected chi connectivity index (χ1v) is 12.2. The van der Waals surface area contributed by atoms with Crippen LogP contribution in [0, 0.1) is 0 Å². The monoisotopic (exact) mass is 459 g/mol. The number of fused-ring (bicyclic) bond motifs is 1. The number of benzene rings is 1. The van der Waals surface area contributed by atoms with Gasteiger partial charge in [-0.3, -0.25) is 9.20 Å². The van der Waals surface area contributed by atoms with Crippen molar-refractivity contribution in [1.82, 2.24) is 24.1 Å². The molecule has 1 aromatic carbocycles. The Morgan fingerprint density at radius 2 is 1.84 bits per heavy atom. The minimum absolute atomic E-state index is 0.0740.